The third kappa shape index (κ3) is 6.08. The summed E-state index contributed by atoms with van der Waals surface area (Å²) < 4.78 is 13.6. The van der Waals surface area contributed by atoms with Crippen molar-refractivity contribution >= 4 is 5.91 Å². The fourth-order valence-corrected chi connectivity index (χ4v) is 4.89. The molecule has 4 rings (SSSR count). The largest absolute Gasteiger partial charge is 0.338 e. The van der Waals surface area contributed by atoms with E-state index in [4.69, 9.17) is 0 Å². The third-order valence-corrected chi connectivity index (χ3v) is 6.54. The van der Waals surface area contributed by atoms with Crippen LogP contribution < -0.4 is 0 Å². The van der Waals surface area contributed by atoms with Crippen molar-refractivity contribution < 1.29 is 9.18 Å². The van der Waals surface area contributed by atoms with Gasteiger partial charge in [-0.25, -0.2) is 4.39 Å². The average Bonchev–Trinajstić information content (AvgIpc) is 3.22. The lowest BCUT2D eigenvalue weighted by Gasteiger charge is -2.30. The Labute approximate surface area is 196 Å². The molecule has 172 valence electrons. The van der Waals surface area contributed by atoms with Gasteiger partial charge in [0, 0.05) is 44.6 Å². The minimum absolute atomic E-state index is 0.0557. The molecule has 0 bridgehead atoms. The Morgan fingerprint density at radius 3 is 2.12 bits per heavy atom. The van der Waals surface area contributed by atoms with Gasteiger partial charge in [-0.1, -0.05) is 86.6 Å². The Bertz CT molecular complexity index is 1020. The monoisotopic (exact) mass is 444 g/mol. The van der Waals surface area contributed by atoms with Crippen molar-refractivity contribution in [3.63, 3.8) is 0 Å². The van der Waals surface area contributed by atoms with Crippen LogP contribution in [0.5, 0.6) is 0 Å². The van der Waals surface area contributed by atoms with Crippen LogP contribution in [-0.2, 0) is 17.9 Å². The lowest BCUT2D eigenvalue weighted by Crippen LogP contribution is -2.39. The highest BCUT2D eigenvalue weighted by Gasteiger charge is 2.36. The van der Waals surface area contributed by atoms with E-state index < -0.39 is 0 Å². The Hall–Kier alpha value is -2.98. The number of halogens is 1. The number of carbonyl (C=O) groups is 1. The predicted molar refractivity (Wildman–Crippen MR) is 131 cm³/mol. The van der Waals surface area contributed by atoms with Gasteiger partial charge < -0.3 is 4.90 Å². The van der Waals surface area contributed by atoms with Gasteiger partial charge in [-0.15, -0.1) is 0 Å². The molecule has 3 nitrogen and oxygen atoms in total. The number of rotatable bonds is 8. The number of carbonyl (C=O) groups excluding carboxylic acids is 1. The molecule has 0 radical (unpaired) electrons. The van der Waals surface area contributed by atoms with E-state index in [-0.39, 0.29) is 29.5 Å². The molecule has 0 spiro atoms. The molecule has 1 fully saturated rings. The van der Waals surface area contributed by atoms with Gasteiger partial charge in [-0.2, -0.15) is 0 Å². The molecule has 2 atom stereocenters. The Morgan fingerprint density at radius 1 is 0.909 bits per heavy atom. The summed E-state index contributed by atoms with van der Waals surface area (Å²) in [5.41, 5.74) is 3.58. The zero-order valence-corrected chi connectivity index (χ0v) is 19.5. The Balaban J connectivity index is 1.57. The lowest BCUT2D eigenvalue weighted by atomic mass is 9.88. The third-order valence-electron chi connectivity index (χ3n) is 6.54. The van der Waals surface area contributed by atoms with Crippen LogP contribution in [0.3, 0.4) is 0 Å². The summed E-state index contributed by atoms with van der Waals surface area (Å²) in [7, 11) is 0. The molecule has 0 aliphatic carbocycles. The highest BCUT2D eigenvalue weighted by Crippen LogP contribution is 2.35. The molecule has 0 saturated carbocycles. The maximum absolute atomic E-state index is 13.6. The van der Waals surface area contributed by atoms with Crippen LogP contribution in [0.4, 0.5) is 4.39 Å². The molecule has 1 aliphatic rings. The zero-order valence-electron chi connectivity index (χ0n) is 19.5. The van der Waals surface area contributed by atoms with Crippen molar-refractivity contribution in [2.75, 3.05) is 19.6 Å². The fraction of sp³-hybridized carbons (Fsp3) is 0.345. The van der Waals surface area contributed by atoms with E-state index in [9.17, 15) is 9.18 Å². The maximum atomic E-state index is 13.6. The molecule has 33 heavy (non-hydrogen) atoms. The summed E-state index contributed by atoms with van der Waals surface area (Å²) >= 11 is 0. The highest BCUT2D eigenvalue weighted by molar-refractivity contribution is 5.78. The smallest absolute Gasteiger partial charge is 0.225 e. The number of likely N-dealkylation sites (tertiary alicyclic amines) is 1. The van der Waals surface area contributed by atoms with Gasteiger partial charge in [0.05, 0.1) is 0 Å². The van der Waals surface area contributed by atoms with Crippen molar-refractivity contribution in [2.24, 2.45) is 11.8 Å². The minimum Gasteiger partial charge on any atom is -0.338 e. The van der Waals surface area contributed by atoms with Gasteiger partial charge in [0.2, 0.25) is 5.91 Å². The summed E-state index contributed by atoms with van der Waals surface area (Å²) in [5, 5.41) is 0. The first kappa shape index (κ1) is 23.2. The lowest BCUT2D eigenvalue weighted by molar-refractivity contribution is -0.135. The van der Waals surface area contributed by atoms with E-state index >= 15 is 0 Å². The molecule has 3 aromatic rings. The normalized spacial score (nSPS) is 18.5. The number of amides is 1. The summed E-state index contributed by atoms with van der Waals surface area (Å²) in [6, 6.07) is 27.6. The fourth-order valence-electron chi connectivity index (χ4n) is 4.89. The maximum Gasteiger partial charge on any atom is 0.225 e. The summed E-state index contributed by atoms with van der Waals surface area (Å²) in [6.07, 6.45) is 0. The van der Waals surface area contributed by atoms with E-state index in [0.717, 1.165) is 30.8 Å². The van der Waals surface area contributed by atoms with Crippen molar-refractivity contribution in [1.29, 1.82) is 0 Å². The summed E-state index contributed by atoms with van der Waals surface area (Å²) in [4.78, 5) is 17.6. The summed E-state index contributed by atoms with van der Waals surface area (Å²) in [6.45, 7) is 7.93. The van der Waals surface area contributed by atoms with E-state index in [2.05, 4.69) is 41.3 Å². The first-order valence-electron chi connectivity index (χ1n) is 11.8. The van der Waals surface area contributed by atoms with E-state index in [1.165, 1.54) is 5.56 Å². The van der Waals surface area contributed by atoms with Crippen LogP contribution in [-0.4, -0.2) is 35.3 Å². The molecule has 3 aromatic carbocycles. The predicted octanol–water partition coefficient (Wildman–Crippen LogP) is 5.73. The van der Waals surface area contributed by atoms with Gasteiger partial charge >= 0.3 is 0 Å². The van der Waals surface area contributed by atoms with Crippen LogP contribution in [0, 0.1) is 17.7 Å². The van der Waals surface area contributed by atoms with Crippen molar-refractivity contribution in [3.05, 3.63) is 107 Å². The first-order valence-corrected chi connectivity index (χ1v) is 11.8. The molecule has 4 heteroatoms. The van der Waals surface area contributed by atoms with Crippen molar-refractivity contribution in [1.82, 2.24) is 9.80 Å². The SMILES string of the molecule is CC(C)C(=O)N(Cc1ccccc1)CC1CN(Cc2ccccc2)CC1c1ccc(F)cc1. The number of hydrogen-bond donors (Lipinski definition) is 0. The second kappa shape index (κ2) is 10.8. The summed E-state index contributed by atoms with van der Waals surface area (Å²) in [5.74, 6) is 0.450. The standard InChI is InChI=1S/C29H33FN2O/c1-22(2)29(33)32(18-24-11-7-4-8-12-24)20-26-19-31(17-23-9-5-3-6-10-23)21-28(26)25-13-15-27(30)16-14-25/h3-16,22,26,28H,17-21H2,1-2H3. The second-order valence-electron chi connectivity index (χ2n) is 9.46. The molecular weight excluding hydrogens is 411 g/mol. The van der Waals surface area contributed by atoms with E-state index in [0.29, 0.717) is 13.1 Å². The highest BCUT2D eigenvalue weighted by atomic mass is 19.1. The topological polar surface area (TPSA) is 23.6 Å². The molecule has 1 aliphatic heterocycles. The number of nitrogens with zero attached hydrogens (tertiary/aromatic N) is 2. The van der Waals surface area contributed by atoms with Gasteiger partial charge in [-0.05, 0) is 34.7 Å². The molecule has 1 saturated heterocycles. The van der Waals surface area contributed by atoms with Crippen LogP contribution in [0.15, 0.2) is 84.9 Å². The molecule has 1 heterocycles. The number of hydrogen-bond acceptors (Lipinski definition) is 2. The molecule has 0 N–H and O–H groups in total. The van der Waals surface area contributed by atoms with Crippen LogP contribution in [0.25, 0.3) is 0 Å². The first-order chi connectivity index (χ1) is 16.0. The number of benzene rings is 3. The Morgan fingerprint density at radius 2 is 1.52 bits per heavy atom. The van der Waals surface area contributed by atoms with Gasteiger partial charge in [0.25, 0.3) is 0 Å². The van der Waals surface area contributed by atoms with Crippen LogP contribution >= 0.6 is 0 Å². The van der Waals surface area contributed by atoms with E-state index in [1.807, 2.05) is 55.1 Å². The molecular formula is C29H33FN2O. The van der Waals surface area contributed by atoms with Crippen molar-refractivity contribution in [2.45, 2.75) is 32.9 Å². The van der Waals surface area contributed by atoms with E-state index in [1.54, 1.807) is 12.1 Å². The molecule has 0 aromatic heterocycles. The van der Waals surface area contributed by atoms with Gasteiger partial charge in [0.15, 0.2) is 0 Å². The van der Waals surface area contributed by atoms with Gasteiger partial charge in [-0.3, -0.25) is 9.69 Å². The quantitative estimate of drug-likeness (QED) is 0.443. The molecule has 2 unspecified atom stereocenters. The van der Waals surface area contributed by atoms with Crippen LogP contribution in [0.2, 0.25) is 0 Å². The van der Waals surface area contributed by atoms with Crippen molar-refractivity contribution in [3.8, 4) is 0 Å². The minimum atomic E-state index is -0.213. The molecule has 1 amide bonds. The zero-order chi connectivity index (χ0) is 23.2. The average molecular weight is 445 g/mol. The van der Waals surface area contributed by atoms with Crippen LogP contribution in [0.1, 0.15) is 36.5 Å². The van der Waals surface area contributed by atoms with Gasteiger partial charge in [0.1, 0.15) is 5.82 Å². The Kier molecular flexibility index (Phi) is 7.56. The second-order valence-corrected chi connectivity index (χ2v) is 9.46.